The highest BCUT2D eigenvalue weighted by molar-refractivity contribution is 6.35. The van der Waals surface area contributed by atoms with Crippen molar-refractivity contribution < 1.29 is 23.8 Å². The van der Waals surface area contributed by atoms with Crippen molar-refractivity contribution in [2.24, 2.45) is 5.10 Å². The van der Waals surface area contributed by atoms with Crippen LogP contribution in [0.1, 0.15) is 17.5 Å². The molecule has 0 aliphatic rings. The fourth-order valence-electron chi connectivity index (χ4n) is 2.92. The van der Waals surface area contributed by atoms with Crippen molar-refractivity contribution in [3.8, 4) is 17.2 Å². The second-order valence-electron chi connectivity index (χ2n) is 7.18. The third-order valence-corrected chi connectivity index (χ3v) is 5.27. The van der Waals surface area contributed by atoms with E-state index < -0.39 is 11.8 Å². The molecule has 0 aromatic heterocycles. The first-order valence-electron chi connectivity index (χ1n) is 10.4. The van der Waals surface area contributed by atoms with E-state index in [4.69, 9.17) is 37.4 Å². The summed E-state index contributed by atoms with van der Waals surface area (Å²) in [5, 5.41) is 7.58. The lowest BCUT2D eigenvalue weighted by atomic mass is 10.2. The second-order valence-corrected chi connectivity index (χ2v) is 8.02. The summed E-state index contributed by atoms with van der Waals surface area (Å²) in [6.45, 7) is 0.231. The summed E-state index contributed by atoms with van der Waals surface area (Å²) in [5.74, 6) is 0.627. The number of carbonyl (C=O) groups excluding carboxylic acids is 2. The van der Waals surface area contributed by atoms with Crippen molar-refractivity contribution in [1.82, 2.24) is 5.43 Å². The van der Waals surface area contributed by atoms with Crippen molar-refractivity contribution in [3.63, 3.8) is 0 Å². The molecule has 2 amide bonds. The highest BCUT2D eigenvalue weighted by Crippen LogP contribution is 2.29. The van der Waals surface area contributed by atoms with Gasteiger partial charge in [-0.3, -0.25) is 9.59 Å². The third kappa shape index (κ3) is 7.91. The minimum atomic E-state index is -0.556. The van der Waals surface area contributed by atoms with Crippen LogP contribution in [-0.4, -0.2) is 32.2 Å². The Morgan fingerprint density at radius 2 is 1.69 bits per heavy atom. The van der Waals surface area contributed by atoms with E-state index in [1.807, 2.05) is 0 Å². The molecule has 0 atom stereocenters. The largest absolute Gasteiger partial charge is 0.497 e. The number of amides is 2. The van der Waals surface area contributed by atoms with Crippen molar-refractivity contribution in [2.75, 3.05) is 19.5 Å². The van der Waals surface area contributed by atoms with E-state index in [0.29, 0.717) is 38.5 Å². The molecule has 0 aliphatic heterocycles. The average molecular weight is 516 g/mol. The molecule has 0 saturated heterocycles. The molecule has 0 fully saturated rings. The van der Waals surface area contributed by atoms with Crippen LogP contribution in [0.3, 0.4) is 0 Å². The highest BCUT2D eigenvalue weighted by atomic mass is 35.5. The highest BCUT2D eigenvalue weighted by Gasteiger charge is 2.10. The van der Waals surface area contributed by atoms with Crippen LogP contribution in [0.4, 0.5) is 5.69 Å². The quantitative estimate of drug-likeness (QED) is 0.223. The van der Waals surface area contributed by atoms with E-state index in [1.165, 1.54) is 13.3 Å². The molecule has 35 heavy (non-hydrogen) atoms. The summed E-state index contributed by atoms with van der Waals surface area (Å²) < 4.78 is 16.3. The van der Waals surface area contributed by atoms with Gasteiger partial charge in [0.1, 0.15) is 18.8 Å². The van der Waals surface area contributed by atoms with Gasteiger partial charge in [-0.25, -0.2) is 5.43 Å². The van der Waals surface area contributed by atoms with Gasteiger partial charge in [-0.05, 0) is 60.2 Å². The first kappa shape index (κ1) is 25.9. The summed E-state index contributed by atoms with van der Waals surface area (Å²) in [5.41, 5.74) is 4.32. The maximum atomic E-state index is 12.0. The molecule has 0 spiro atoms. The SMILES string of the molecule is COc1ccc(NC(=O)CC(=O)NN=Cc2ccc(OCc3ccc(Cl)cc3Cl)c(OC)c2)cc1. The van der Waals surface area contributed by atoms with Gasteiger partial charge in [0.15, 0.2) is 11.5 Å². The lowest BCUT2D eigenvalue weighted by Crippen LogP contribution is -2.24. The molecule has 8 nitrogen and oxygen atoms in total. The van der Waals surface area contributed by atoms with Crippen LogP contribution in [0.2, 0.25) is 10.0 Å². The fraction of sp³-hybridized carbons (Fsp3) is 0.160. The van der Waals surface area contributed by atoms with Gasteiger partial charge in [-0.1, -0.05) is 29.3 Å². The maximum Gasteiger partial charge on any atom is 0.249 e. The lowest BCUT2D eigenvalue weighted by Gasteiger charge is -2.12. The Hall–Kier alpha value is -3.75. The van der Waals surface area contributed by atoms with Gasteiger partial charge in [-0.2, -0.15) is 5.10 Å². The number of ether oxygens (including phenoxy) is 3. The topological polar surface area (TPSA) is 98.2 Å². The van der Waals surface area contributed by atoms with Crippen molar-refractivity contribution >= 4 is 46.9 Å². The van der Waals surface area contributed by atoms with Crippen LogP contribution in [-0.2, 0) is 16.2 Å². The number of anilines is 1. The number of hydrogen-bond donors (Lipinski definition) is 2. The van der Waals surface area contributed by atoms with E-state index in [2.05, 4.69) is 15.8 Å². The first-order valence-corrected chi connectivity index (χ1v) is 11.1. The van der Waals surface area contributed by atoms with E-state index in [1.54, 1.807) is 67.8 Å². The van der Waals surface area contributed by atoms with Gasteiger partial charge in [0, 0.05) is 21.3 Å². The van der Waals surface area contributed by atoms with Gasteiger partial charge >= 0.3 is 0 Å². The Balaban J connectivity index is 1.51. The number of rotatable bonds is 10. The summed E-state index contributed by atoms with van der Waals surface area (Å²) in [6, 6.07) is 17.1. The zero-order chi connectivity index (χ0) is 25.2. The molecule has 3 rings (SSSR count). The fourth-order valence-corrected chi connectivity index (χ4v) is 3.38. The summed E-state index contributed by atoms with van der Waals surface area (Å²) >= 11 is 12.1. The Bertz CT molecular complexity index is 1220. The van der Waals surface area contributed by atoms with Crippen LogP contribution in [0.5, 0.6) is 17.2 Å². The van der Waals surface area contributed by atoms with E-state index in [-0.39, 0.29) is 13.0 Å². The minimum absolute atomic E-state index is 0.231. The van der Waals surface area contributed by atoms with Crippen molar-refractivity contribution in [3.05, 3.63) is 81.8 Å². The predicted octanol–water partition coefficient (Wildman–Crippen LogP) is 5.07. The molecule has 0 saturated carbocycles. The van der Waals surface area contributed by atoms with Crippen molar-refractivity contribution in [1.29, 1.82) is 0 Å². The summed E-state index contributed by atoms with van der Waals surface area (Å²) in [4.78, 5) is 24.0. The molecule has 182 valence electrons. The van der Waals surface area contributed by atoms with Gasteiger partial charge in [0.05, 0.1) is 20.4 Å². The van der Waals surface area contributed by atoms with Crippen LogP contribution in [0.15, 0.2) is 65.8 Å². The molecule has 0 radical (unpaired) electrons. The molecular weight excluding hydrogens is 493 g/mol. The Morgan fingerprint density at radius 3 is 2.37 bits per heavy atom. The van der Waals surface area contributed by atoms with E-state index in [9.17, 15) is 9.59 Å². The summed E-state index contributed by atoms with van der Waals surface area (Å²) in [7, 11) is 3.07. The molecule has 0 heterocycles. The van der Waals surface area contributed by atoms with Crippen molar-refractivity contribution in [2.45, 2.75) is 13.0 Å². The van der Waals surface area contributed by atoms with Crippen LogP contribution >= 0.6 is 23.2 Å². The van der Waals surface area contributed by atoms with Gasteiger partial charge in [0.2, 0.25) is 11.8 Å². The maximum absolute atomic E-state index is 12.0. The number of carbonyl (C=O) groups is 2. The first-order chi connectivity index (χ1) is 16.9. The Morgan fingerprint density at radius 1 is 0.914 bits per heavy atom. The molecule has 0 unspecified atom stereocenters. The van der Waals surface area contributed by atoms with E-state index in [0.717, 1.165) is 5.56 Å². The molecule has 2 N–H and O–H groups in total. The normalized spacial score (nSPS) is 10.6. The standard InChI is InChI=1S/C25H23Cl2N3O5/c1-33-20-8-6-19(7-9-20)29-24(31)13-25(32)30-28-14-16-3-10-22(23(11-16)34-2)35-15-17-4-5-18(26)12-21(17)27/h3-12,14H,13,15H2,1-2H3,(H,29,31)(H,30,32). The van der Waals surface area contributed by atoms with Crippen LogP contribution < -0.4 is 25.0 Å². The zero-order valence-corrected chi connectivity index (χ0v) is 20.5. The smallest absolute Gasteiger partial charge is 0.249 e. The van der Waals surface area contributed by atoms with Gasteiger partial charge in [-0.15, -0.1) is 0 Å². The third-order valence-electron chi connectivity index (χ3n) is 4.68. The predicted molar refractivity (Wildman–Crippen MR) is 136 cm³/mol. The second kappa shape index (κ2) is 12.6. The van der Waals surface area contributed by atoms with Crippen LogP contribution in [0.25, 0.3) is 0 Å². The van der Waals surface area contributed by atoms with Crippen LogP contribution in [0, 0.1) is 0 Å². The molecule has 10 heteroatoms. The minimum Gasteiger partial charge on any atom is -0.497 e. The average Bonchev–Trinajstić information content (AvgIpc) is 2.84. The number of halogens is 2. The number of hydrazone groups is 1. The Kier molecular flexibility index (Phi) is 9.34. The molecule has 3 aromatic carbocycles. The van der Waals surface area contributed by atoms with Gasteiger partial charge in [0.25, 0.3) is 0 Å². The number of nitrogens with zero attached hydrogens (tertiary/aromatic N) is 1. The zero-order valence-electron chi connectivity index (χ0n) is 19.0. The molecule has 0 aliphatic carbocycles. The number of benzene rings is 3. The molecule has 3 aromatic rings. The molecule has 0 bridgehead atoms. The summed E-state index contributed by atoms with van der Waals surface area (Å²) in [6.07, 6.45) is 1.05. The van der Waals surface area contributed by atoms with Gasteiger partial charge < -0.3 is 19.5 Å². The van der Waals surface area contributed by atoms with E-state index >= 15 is 0 Å². The number of methoxy groups -OCH3 is 2. The monoisotopic (exact) mass is 515 g/mol. The lowest BCUT2D eigenvalue weighted by molar-refractivity contribution is -0.126. The number of hydrogen-bond acceptors (Lipinski definition) is 6. The number of nitrogens with one attached hydrogen (secondary N) is 2. The molecular formula is C25H23Cl2N3O5. The Labute approximate surface area is 212 Å².